The monoisotopic (exact) mass is 526 g/mol. The topological polar surface area (TPSA) is 91.7 Å². The van der Waals surface area contributed by atoms with Gasteiger partial charge in [0, 0.05) is 18.1 Å². The van der Waals surface area contributed by atoms with Gasteiger partial charge in [0.15, 0.2) is 0 Å². The number of methoxy groups -OCH3 is 1. The molecule has 1 aromatic heterocycles. The third-order valence-corrected chi connectivity index (χ3v) is 8.73. The second kappa shape index (κ2) is 10.9. The first-order chi connectivity index (χ1) is 17.9. The molecule has 6 nitrogen and oxygen atoms in total. The minimum Gasteiger partial charge on any atom is -0.497 e. The number of ether oxygens (including phenoxy) is 1. The lowest BCUT2D eigenvalue weighted by Crippen LogP contribution is -2.47. The highest BCUT2D eigenvalue weighted by molar-refractivity contribution is 6.30. The van der Waals surface area contributed by atoms with Gasteiger partial charge in [-0.1, -0.05) is 23.7 Å². The number of aliphatic carboxylic acids is 1. The zero-order valence-electron chi connectivity index (χ0n) is 20.7. The molecule has 0 radical (unpaired) electrons. The fourth-order valence-electron chi connectivity index (χ4n) is 6.43. The number of hydrogen-bond acceptors (Lipinski definition) is 5. The maximum atomic E-state index is 14.7. The molecule has 3 N–H and O–H groups in total. The number of nitrogens with zero attached hydrogens (tertiary/aromatic N) is 1. The van der Waals surface area contributed by atoms with Crippen LogP contribution in [0, 0.1) is 29.5 Å². The molecule has 2 fully saturated rings. The highest BCUT2D eigenvalue weighted by Gasteiger charge is 2.45. The Morgan fingerprint density at radius 3 is 2.84 bits per heavy atom. The Morgan fingerprint density at radius 1 is 1.27 bits per heavy atom. The van der Waals surface area contributed by atoms with Crippen LogP contribution in [0.5, 0.6) is 5.75 Å². The van der Waals surface area contributed by atoms with E-state index in [0.29, 0.717) is 24.3 Å². The van der Waals surface area contributed by atoms with Crippen molar-refractivity contribution < 1.29 is 24.1 Å². The number of aliphatic hydroxyl groups excluding tert-OH is 1. The van der Waals surface area contributed by atoms with E-state index < -0.39 is 18.0 Å². The van der Waals surface area contributed by atoms with E-state index in [0.717, 1.165) is 42.3 Å². The summed E-state index contributed by atoms with van der Waals surface area (Å²) < 4.78 is 20.1. The summed E-state index contributed by atoms with van der Waals surface area (Å²) in [5, 5.41) is 25.7. The number of carbonyl (C=O) groups is 1. The quantitative estimate of drug-likeness (QED) is 0.355. The molecule has 196 valence electrons. The molecule has 2 aliphatic rings. The molecule has 2 aromatic carbocycles. The van der Waals surface area contributed by atoms with Gasteiger partial charge in [-0.2, -0.15) is 0 Å². The van der Waals surface area contributed by atoms with Gasteiger partial charge in [0.05, 0.1) is 29.7 Å². The number of rotatable bonds is 8. The smallest absolute Gasteiger partial charge is 0.308 e. The number of halogens is 2. The maximum Gasteiger partial charge on any atom is 0.308 e. The van der Waals surface area contributed by atoms with Gasteiger partial charge < -0.3 is 20.3 Å². The van der Waals surface area contributed by atoms with Crippen molar-refractivity contribution in [1.82, 2.24) is 10.3 Å². The summed E-state index contributed by atoms with van der Waals surface area (Å²) >= 11 is 6.03. The Labute approximate surface area is 220 Å². The van der Waals surface area contributed by atoms with Gasteiger partial charge >= 0.3 is 5.97 Å². The molecule has 1 saturated heterocycles. The molecule has 3 aromatic rings. The van der Waals surface area contributed by atoms with Crippen molar-refractivity contribution in [3.05, 3.63) is 70.6 Å². The van der Waals surface area contributed by atoms with Crippen molar-refractivity contribution >= 4 is 28.5 Å². The van der Waals surface area contributed by atoms with Crippen molar-refractivity contribution in [2.24, 2.45) is 23.7 Å². The first kappa shape index (κ1) is 25.9. The average Bonchev–Trinajstić information content (AvgIpc) is 2.88. The number of nitrogens with one attached hydrogen (secondary N) is 1. The molecular weight excluding hydrogens is 495 g/mol. The van der Waals surface area contributed by atoms with E-state index in [1.165, 1.54) is 0 Å². The number of hydrogen-bond donors (Lipinski definition) is 3. The second-order valence-electron chi connectivity index (χ2n) is 10.4. The van der Waals surface area contributed by atoms with Crippen molar-refractivity contribution in [2.75, 3.05) is 20.2 Å². The SMILES string of the molecule is COc1ccc2nccc([C@H](O)C[C@H](C3CC(c4cccc(Cl)c4F)C3)C3CCNCC3C(=O)O)c2c1. The van der Waals surface area contributed by atoms with Crippen LogP contribution in [0.3, 0.4) is 0 Å². The zero-order chi connectivity index (χ0) is 26.1. The predicted octanol–water partition coefficient (Wildman–Crippen LogP) is 5.58. The Bertz CT molecular complexity index is 1280. The van der Waals surface area contributed by atoms with Crippen molar-refractivity contribution in [2.45, 2.75) is 37.7 Å². The molecule has 0 bridgehead atoms. The highest BCUT2D eigenvalue weighted by Crippen LogP contribution is 2.52. The Hall–Kier alpha value is -2.74. The highest BCUT2D eigenvalue weighted by atomic mass is 35.5. The predicted molar refractivity (Wildman–Crippen MR) is 140 cm³/mol. The summed E-state index contributed by atoms with van der Waals surface area (Å²) in [6, 6.07) is 12.5. The number of pyridine rings is 1. The molecule has 0 amide bonds. The lowest BCUT2D eigenvalue weighted by atomic mass is 9.59. The van der Waals surface area contributed by atoms with Gasteiger partial charge in [-0.3, -0.25) is 9.78 Å². The van der Waals surface area contributed by atoms with E-state index in [9.17, 15) is 19.4 Å². The summed E-state index contributed by atoms with van der Waals surface area (Å²) in [4.78, 5) is 16.6. The number of aliphatic hydroxyl groups is 1. The number of aromatic nitrogens is 1. The Morgan fingerprint density at radius 2 is 2.08 bits per heavy atom. The van der Waals surface area contributed by atoms with Gasteiger partial charge in [-0.15, -0.1) is 0 Å². The number of piperidine rings is 1. The van der Waals surface area contributed by atoms with E-state index >= 15 is 0 Å². The molecule has 4 atom stereocenters. The van der Waals surface area contributed by atoms with Crippen LogP contribution in [0.15, 0.2) is 48.7 Å². The summed E-state index contributed by atoms with van der Waals surface area (Å²) in [5.74, 6) is -0.900. The Kier molecular flexibility index (Phi) is 7.65. The normalized spacial score (nSPS) is 25.3. The lowest BCUT2D eigenvalue weighted by Gasteiger charge is -2.47. The summed E-state index contributed by atoms with van der Waals surface area (Å²) in [6.07, 6.45) is 3.54. The molecule has 5 rings (SSSR count). The molecule has 1 aliphatic heterocycles. The van der Waals surface area contributed by atoms with Gasteiger partial charge in [0.25, 0.3) is 0 Å². The van der Waals surface area contributed by atoms with Crippen molar-refractivity contribution in [1.29, 1.82) is 0 Å². The van der Waals surface area contributed by atoms with E-state index in [-0.39, 0.29) is 34.5 Å². The van der Waals surface area contributed by atoms with E-state index in [2.05, 4.69) is 10.3 Å². The second-order valence-corrected chi connectivity index (χ2v) is 10.8. The van der Waals surface area contributed by atoms with Crippen LogP contribution < -0.4 is 10.1 Å². The lowest BCUT2D eigenvalue weighted by molar-refractivity contribution is -0.146. The standard InChI is InChI=1S/C29H32ClFN2O4/c1-37-18-5-6-26-23(13-18)21(8-10-33-26)27(34)14-22(20-7-9-32-15-24(20)29(35)36)17-11-16(12-17)19-3-2-4-25(30)28(19)31/h2-6,8,10,13,16-17,20,22,24,27,32,34H,7,9,11-12,14-15H2,1H3,(H,35,36)/t16?,17?,20?,22-,24?,27-/m1/s1. The summed E-state index contributed by atoms with van der Waals surface area (Å²) in [6.45, 7) is 1.16. The zero-order valence-corrected chi connectivity index (χ0v) is 21.5. The minimum atomic E-state index is -0.812. The van der Waals surface area contributed by atoms with E-state index in [1.54, 1.807) is 31.5 Å². The van der Waals surface area contributed by atoms with Crippen LogP contribution in [0.1, 0.15) is 48.8 Å². The van der Waals surface area contributed by atoms with Crippen molar-refractivity contribution in [3.8, 4) is 5.75 Å². The van der Waals surface area contributed by atoms with Gasteiger partial charge in [-0.25, -0.2) is 4.39 Å². The van der Waals surface area contributed by atoms with Gasteiger partial charge in [0.1, 0.15) is 11.6 Å². The van der Waals surface area contributed by atoms with Crippen LogP contribution in [0.4, 0.5) is 4.39 Å². The van der Waals surface area contributed by atoms with E-state index in [1.807, 2.05) is 24.3 Å². The number of benzene rings is 2. The largest absolute Gasteiger partial charge is 0.497 e. The third-order valence-electron chi connectivity index (χ3n) is 8.44. The first-order valence-electron chi connectivity index (χ1n) is 12.9. The summed E-state index contributed by atoms with van der Waals surface area (Å²) in [7, 11) is 1.60. The van der Waals surface area contributed by atoms with Gasteiger partial charge in [0.2, 0.25) is 0 Å². The molecule has 2 heterocycles. The molecule has 8 heteroatoms. The Balaban J connectivity index is 1.43. The number of carboxylic acids is 1. The van der Waals surface area contributed by atoms with E-state index in [4.69, 9.17) is 16.3 Å². The van der Waals surface area contributed by atoms with Gasteiger partial charge in [-0.05, 0) is 97.4 Å². The van der Waals surface area contributed by atoms with Crippen LogP contribution >= 0.6 is 11.6 Å². The summed E-state index contributed by atoms with van der Waals surface area (Å²) in [5.41, 5.74) is 2.14. The number of fused-ring (bicyclic) bond motifs is 1. The fourth-order valence-corrected chi connectivity index (χ4v) is 6.61. The fraction of sp³-hybridized carbons (Fsp3) is 0.448. The molecule has 1 saturated carbocycles. The van der Waals surface area contributed by atoms with Crippen LogP contribution in [-0.2, 0) is 4.79 Å². The number of carboxylic acid groups (broad SMARTS) is 1. The molecule has 37 heavy (non-hydrogen) atoms. The third kappa shape index (κ3) is 5.17. The van der Waals surface area contributed by atoms with Crippen molar-refractivity contribution in [3.63, 3.8) is 0 Å². The molecule has 2 unspecified atom stereocenters. The van der Waals surface area contributed by atoms with Crippen LogP contribution in [0.2, 0.25) is 5.02 Å². The first-order valence-corrected chi connectivity index (χ1v) is 13.2. The minimum absolute atomic E-state index is 0.0227. The molecular formula is C29H32ClFN2O4. The average molecular weight is 527 g/mol. The molecule has 0 spiro atoms. The molecule has 1 aliphatic carbocycles. The maximum absolute atomic E-state index is 14.7. The van der Waals surface area contributed by atoms with Crippen LogP contribution in [-0.4, -0.2) is 41.4 Å². The van der Waals surface area contributed by atoms with Crippen LogP contribution in [0.25, 0.3) is 10.9 Å².